The number of hydrogen-bond acceptors (Lipinski definition) is 3. The van der Waals surface area contributed by atoms with E-state index in [1.54, 1.807) is 19.1 Å². The molecule has 0 atom stereocenters. The molecule has 0 aliphatic heterocycles. The minimum atomic E-state index is -0.332. The summed E-state index contributed by atoms with van der Waals surface area (Å²) in [6.07, 6.45) is 0. The van der Waals surface area contributed by atoms with Gasteiger partial charge in [0.1, 0.15) is 0 Å². The second-order valence-electron chi connectivity index (χ2n) is 5.01. The lowest BCUT2D eigenvalue weighted by molar-refractivity contribution is -0.385. The van der Waals surface area contributed by atoms with Crippen LogP contribution in [-0.4, -0.2) is 29.2 Å². The van der Waals surface area contributed by atoms with Gasteiger partial charge in [-0.25, -0.2) is 0 Å². The van der Waals surface area contributed by atoms with Crippen molar-refractivity contribution < 1.29 is 4.92 Å². The van der Waals surface area contributed by atoms with Crippen molar-refractivity contribution in [2.24, 2.45) is 0 Å². The molecule has 1 radical (unpaired) electrons. The van der Waals surface area contributed by atoms with Crippen LogP contribution in [0.25, 0.3) is 0 Å². The van der Waals surface area contributed by atoms with Gasteiger partial charge in [0.05, 0.1) is 4.92 Å². The summed E-state index contributed by atoms with van der Waals surface area (Å²) in [4.78, 5) is 12.8. The average molecular weight is 247 g/mol. The third-order valence-corrected chi connectivity index (χ3v) is 3.02. The zero-order valence-corrected chi connectivity index (χ0v) is 11.7. The van der Waals surface area contributed by atoms with Crippen LogP contribution in [0.15, 0.2) is 18.2 Å². The van der Waals surface area contributed by atoms with E-state index >= 15 is 0 Å². The molecule has 0 aromatic heterocycles. The van der Waals surface area contributed by atoms with Crippen molar-refractivity contribution in [3.05, 3.63) is 33.9 Å². The van der Waals surface area contributed by atoms with E-state index in [4.69, 9.17) is 0 Å². The lowest BCUT2D eigenvalue weighted by Gasteiger charge is -2.30. The predicted octanol–water partition coefficient (Wildman–Crippen LogP) is 2.27. The standard InChI is InChI=1S/C13H20BN2O2/c1-9(2)15(10(3)4)14-12-7-6-8-13(11(12)5)16(17)18/h6-10H,1-5H3. The quantitative estimate of drug-likeness (QED) is 0.455. The van der Waals surface area contributed by atoms with Gasteiger partial charge in [-0.3, -0.25) is 10.1 Å². The molecule has 97 valence electrons. The van der Waals surface area contributed by atoms with Crippen molar-refractivity contribution in [3.8, 4) is 0 Å². The largest absolute Gasteiger partial charge is 0.338 e. The molecule has 0 fully saturated rings. The van der Waals surface area contributed by atoms with Crippen LogP contribution in [0.5, 0.6) is 0 Å². The molecule has 0 saturated carbocycles. The Morgan fingerprint density at radius 1 is 1.22 bits per heavy atom. The maximum Gasteiger partial charge on any atom is 0.271 e. The van der Waals surface area contributed by atoms with Crippen molar-refractivity contribution >= 4 is 18.6 Å². The van der Waals surface area contributed by atoms with Gasteiger partial charge >= 0.3 is 0 Å². The number of nitro benzene ring substituents is 1. The van der Waals surface area contributed by atoms with E-state index in [-0.39, 0.29) is 10.6 Å². The Kier molecular flexibility index (Phi) is 4.90. The first kappa shape index (κ1) is 14.7. The van der Waals surface area contributed by atoms with Crippen LogP contribution in [0.2, 0.25) is 0 Å². The highest BCUT2D eigenvalue weighted by Gasteiger charge is 2.19. The molecular weight excluding hydrogens is 227 g/mol. The Morgan fingerprint density at radius 3 is 2.22 bits per heavy atom. The normalized spacial score (nSPS) is 11.3. The van der Waals surface area contributed by atoms with Crippen molar-refractivity contribution in [2.45, 2.75) is 46.7 Å². The van der Waals surface area contributed by atoms with Crippen LogP contribution in [-0.2, 0) is 0 Å². The Balaban J connectivity index is 3.04. The van der Waals surface area contributed by atoms with Crippen LogP contribution in [0, 0.1) is 17.0 Å². The van der Waals surface area contributed by atoms with Gasteiger partial charge in [-0.15, -0.1) is 0 Å². The highest BCUT2D eigenvalue weighted by atomic mass is 16.6. The molecule has 0 saturated heterocycles. The van der Waals surface area contributed by atoms with Gasteiger partial charge in [0.25, 0.3) is 5.69 Å². The Morgan fingerprint density at radius 2 is 1.78 bits per heavy atom. The summed E-state index contributed by atoms with van der Waals surface area (Å²) in [5.74, 6) is 0. The molecule has 18 heavy (non-hydrogen) atoms. The number of rotatable bonds is 5. The van der Waals surface area contributed by atoms with Crippen molar-refractivity contribution in [1.82, 2.24) is 4.81 Å². The van der Waals surface area contributed by atoms with E-state index in [9.17, 15) is 10.1 Å². The first-order chi connectivity index (χ1) is 8.34. The van der Waals surface area contributed by atoms with Gasteiger partial charge in [0, 0.05) is 11.6 Å². The maximum absolute atomic E-state index is 10.9. The summed E-state index contributed by atoms with van der Waals surface area (Å²) in [7, 11) is 2.01. The molecule has 0 unspecified atom stereocenters. The Bertz CT molecular complexity index is 425. The molecular formula is C13H20BN2O2. The van der Waals surface area contributed by atoms with Gasteiger partial charge in [-0.2, -0.15) is 0 Å². The van der Waals surface area contributed by atoms with Gasteiger partial charge in [0.15, 0.2) is 0 Å². The lowest BCUT2D eigenvalue weighted by atomic mass is 9.75. The molecule has 5 heteroatoms. The number of benzene rings is 1. The Hall–Kier alpha value is -1.36. The van der Waals surface area contributed by atoms with E-state index in [0.29, 0.717) is 17.6 Å². The summed E-state index contributed by atoms with van der Waals surface area (Å²) in [6, 6.07) is 5.92. The molecule has 0 aliphatic carbocycles. The first-order valence-corrected chi connectivity index (χ1v) is 6.21. The van der Waals surface area contributed by atoms with E-state index in [1.807, 2.05) is 13.5 Å². The Labute approximate surface area is 109 Å². The highest BCUT2D eigenvalue weighted by molar-refractivity contribution is 6.51. The highest BCUT2D eigenvalue weighted by Crippen LogP contribution is 2.15. The second-order valence-corrected chi connectivity index (χ2v) is 5.01. The smallest absolute Gasteiger partial charge is 0.271 e. The van der Waals surface area contributed by atoms with Crippen LogP contribution < -0.4 is 5.46 Å². The molecule has 1 aromatic carbocycles. The lowest BCUT2D eigenvalue weighted by Crippen LogP contribution is -2.45. The van der Waals surface area contributed by atoms with Gasteiger partial charge < -0.3 is 4.81 Å². The van der Waals surface area contributed by atoms with Gasteiger partial charge in [-0.05, 0) is 19.0 Å². The zero-order valence-electron chi connectivity index (χ0n) is 11.7. The minimum absolute atomic E-state index is 0.177. The molecule has 0 aliphatic rings. The fourth-order valence-corrected chi connectivity index (χ4v) is 2.03. The molecule has 4 nitrogen and oxygen atoms in total. The summed E-state index contributed by atoms with van der Waals surface area (Å²) in [5.41, 5.74) is 1.80. The number of nitrogens with zero attached hydrogens (tertiary/aromatic N) is 2. The van der Waals surface area contributed by atoms with Gasteiger partial charge in [0.2, 0.25) is 7.41 Å². The monoisotopic (exact) mass is 247 g/mol. The third-order valence-electron chi connectivity index (χ3n) is 3.02. The van der Waals surface area contributed by atoms with E-state index in [2.05, 4.69) is 32.5 Å². The fraction of sp³-hybridized carbons (Fsp3) is 0.538. The molecule has 0 amide bonds. The van der Waals surface area contributed by atoms with E-state index in [1.165, 1.54) is 0 Å². The summed E-state index contributed by atoms with van der Waals surface area (Å²) >= 11 is 0. The third kappa shape index (κ3) is 3.32. The van der Waals surface area contributed by atoms with Crippen LogP contribution in [0.3, 0.4) is 0 Å². The zero-order chi connectivity index (χ0) is 13.9. The van der Waals surface area contributed by atoms with Crippen LogP contribution in [0.1, 0.15) is 33.3 Å². The summed E-state index contributed by atoms with van der Waals surface area (Å²) < 4.78 is 0. The van der Waals surface area contributed by atoms with E-state index in [0.717, 1.165) is 5.46 Å². The maximum atomic E-state index is 10.9. The van der Waals surface area contributed by atoms with E-state index < -0.39 is 0 Å². The summed E-state index contributed by atoms with van der Waals surface area (Å²) in [5, 5.41) is 10.9. The van der Waals surface area contributed by atoms with Crippen LogP contribution >= 0.6 is 0 Å². The number of nitro groups is 1. The number of hydrogen-bond donors (Lipinski definition) is 0. The molecule has 1 aromatic rings. The first-order valence-electron chi connectivity index (χ1n) is 6.21. The van der Waals surface area contributed by atoms with Crippen molar-refractivity contribution in [2.75, 3.05) is 0 Å². The minimum Gasteiger partial charge on any atom is -0.338 e. The SMILES string of the molecule is Cc1c([B]N(C(C)C)C(C)C)cccc1[N+](=O)[O-]. The summed E-state index contributed by atoms with van der Waals surface area (Å²) in [6.45, 7) is 10.3. The topological polar surface area (TPSA) is 46.4 Å². The predicted molar refractivity (Wildman–Crippen MR) is 75.3 cm³/mol. The van der Waals surface area contributed by atoms with Crippen LogP contribution in [0.4, 0.5) is 5.69 Å². The second kappa shape index (κ2) is 6.00. The average Bonchev–Trinajstić information content (AvgIpc) is 2.26. The van der Waals surface area contributed by atoms with Gasteiger partial charge in [-0.1, -0.05) is 45.3 Å². The van der Waals surface area contributed by atoms with Crippen molar-refractivity contribution in [3.63, 3.8) is 0 Å². The fourth-order valence-electron chi connectivity index (χ4n) is 2.03. The molecule has 1 rings (SSSR count). The van der Waals surface area contributed by atoms with Crippen molar-refractivity contribution in [1.29, 1.82) is 0 Å². The molecule has 0 heterocycles. The molecule has 0 bridgehead atoms. The molecule has 0 N–H and O–H groups in total. The molecule has 0 spiro atoms.